The van der Waals surface area contributed by atoms with Crippen molar-refractivity contribution in [3.8, 4) is 0 Å². The number of carbonyl (C=O) groups excluding carboxylic acids is 2. The second-order valence-corrected chi connectivity index (χ2v) is 13.2. The minimum absolute atomic E-state index is 0.129. The van der Waals surface area contributed by atoms with E-state index < -0.39 is 16.0 Å². The topological polar surface area (TPSA) is 152 Å². The Kier molecular flexibility index (Phi) is 8.08. The molecule has 2 saturated heterocycles. The zero-order valence-electron chi connectivity index (χ0n) is 23.9. The van der Waals surface area contributed by atoms with Gasteiger partial charge in [0, 0.05) is 29.4 Å². The van der Waals surface area contributed by atoms with Crippen molar-refractivity contribution in [1.29, 1.82) is 0 Å². The molecule has 2 aliphatic heterocycles. The number of anilines is 2. The minimum Gasteiger partial charge on any atom is -0.454 e. The third-order valence-electron chi connectivity index (χ3n) is 7.42. The van der Waals surface area contributed by atoms with Crippen molar-refractivity contribution in [3.63, 3.8) is 0 Å². The number of rotatable bonds is 7. The van der Waals surface area contributed by atoms with E-state index in [0.717, 1.165) is 30.5 Å². The van der Waals surface area contributed by atoms with Gasteiger partial charge >= 0.3 is 5.97 Å². The van der Waals surface area contributed by atoms with Crippen LogP contribution in [-0.4, -0.2) is 71.8 Å². The summed E-state index contributed by atoms with van der Waals surface area (Å²) < 4.78 is 33.5. The summed E-state index contributed by atoms with van der Waals surface area (Å²) in [6.07, 6.45) is 5.07. The summed E-state index contributed by atoms with van der Waals surface area (Å²) in [5.74, 6) is -0.0719. The van der Waals surface area contributed by atoms with Crippen LogP contribution in [0.15, 0.2) is 41.7 Å². The molecule has 0 radical (unpaired) electrons. The fourth-order valence-corrected chi connectivity index (χ4v) is 5.98. The van der Waals surface area contributed by atoms with Crippen LogP contribution >= 0.6 is 11.6 Å². The lowest BCUT2D eigenvalue weighted by Gasteiger charge is -2.39. The number of halogens is 1. The summed E-state index contributed by atoms with van der Waals surface area (Å²) in [6.45, 7) is 6.96. The van der Waals surface area contributed by atoms with E-state index in [1.165, 1.54) is 18.2 Å². The maximum absolute atomic E-state index is 13.8. The lowest BCUT2D eigenvalue weighted by atomic mass is 9.98. The second kappa shape index (κ2) is 11.4. The number of aryl methyl sites for hydroxylation is 1. The van der Waals surface area contributed by atoms with Crippen LogP contribution in [0.25, 0.3) is 5.65 Å². The van der Waals surface area contributed by atoms with E-state index in [9.17, 15) is 18.0 Å². The van der Waals surface area contributed by atoms with Gasteiger partial charge < -0.3 is 20.3 Å². The molecule has 2 aliphatic rings. The van der Waals surface area contributed by atoms with Gasteiger partial charge in [-0.25, -0.2) is 22.7 Å². The number of fused-ring (bicyclic) bond motifs is 1. The van der Waals surface area contributed by atoms with E-state index in [-0.39, 0.29) is 35.0 Å². The number of esters is 1. The van der Waals surface area contributed by atoms with Crippen molar-refractivity contribution in [1.82, 2.24) is 19.5 Å². The van der Waals surface area contributed by atoms with Gasteiger partial charge in [0.15, 0.2) is 5.65 Å². The standard InChI is InChI=1S/C28H34ClN7O5S/c1-16(2)25(30)28(38)41-19-14-34(15-19)26-17(3)13-36-24(31-26)12-22(32-36)23-7-5-6-10-35(23)27(37)20-11-18(29)8-9-21(20)33-42(4,39)40/h8-9,11-13,19,23,33H,5-7,10,14-15,30H2,1-4H3/t23-/m0/s1. The summed E-state index contributed by atoms with van der Waals surface area (Å²) in [5, 5.41) is 5.10. The zero-order valence-corrected chi connectivity index (χ0v) is 25.5. The van der Waals surface area contributed by atoms with Crippen LogP contribution in [0.5, 0.6) is 0 Å². The molecule has 1 atom stereocenters. The van der Waals surface area contributed by atoms with E-state index in [0.29, 0.717) is 48.0 Å². The van der Waals surface area contributed by atoms with Gasteiger partial charge in [-0.15, -0.1) is 0 Å². The van der Waals surface area contributed by atoms with E-state index in [1.54, 1.807) is 23.3 Å². The van der Waals surface area contributed by atoms with Gasteiger partial charge in [-0.3, -0.25) is 9.52 Å². The Bertz CT molecular complexity index is 1690. The van der Waals surface area contributed by atoms with Crippen molar-refractivity contribution in [2.75, 3.05) is 35.5 Å². The highest BCUT2D eigenvalue weighted by Gasteiger charge is 2.34. The molecule has 5 rings (SSSR count). The average molecular weight is 616 g/mol. The Morgan fingerprint density at radius 3 is 2.60 bits per heavy atom. The maximum atomic E-state index is 13.8. The van der Waals surface area contributed by atoms with Crippen LogP contribution in [-0.2, 0) is 19.6 Å². The lowest BCUT2D eigenvalue weighted by Crippen LogP contribution is -2.54. The van der Waals surface area contributed by atoms with E-state index >= 15 is 0 Å². The average Bonchev–Trinajstić information content (AvgIpc) is 3.32. The summed E-state index contributed by atoms with van der Waals surface area (Å²) in [6, 6.07) is 6.06. The molecule has 14 heteroatoms. The maximum Gasteiger partial charge on any atom is 0.354 e. The van der Waals surface area contributed by atoms with Crippen LogP contribution in [0.4, 0.5) is 11.5 Å². The van der Waals surface area contributed by atoms with Crippen molar-refractivity contribution >= 4 is 50.7 Å². The number of benzene rings is 1. The van der Waals surface area contributed by atoms with Gasteiger partial charge in [-0.1, -0.05) is 11.6 Å². The number of carbonyl (C=O) groups is 2. The summed E-state index contributed by atoms with van der Waals surface area (Å²) in [4.78, 5) is 34.6. The number of hydrogen-bond acceptors (Lipinski definition) is 9. The minimum atomic E-state index is -3.61. The van der Waals surface area contributed by atoms with Gasteiger partial charge in [0.2, 0.25) is 10.0 Å². The molecular formula is C28H34ClN7O5S. The van der Waals surface area contributed by atoms with Gasteiger partial charge in [-0.2, -0.15) is 5.10 Å². The van der Waals surface area contributed by atoms with Gasteiger partial charge in [-0.05, 0) is 63.8 Å². The molecule has 0 saturated carbocycles. The molecule has 3 N–H and O–H groups in total. The Hall–Kier alpha value is -3.84. The normalized spacial score (nSPS) is 17.6. The van der Waals surface area contributed by atoms with Crippen molar-refractivity contribution < 1.29 is 22.7 Å². The molecule has 0 unspecified atom stereocenters. The highest BCUT2D eigenvalue weighted by molar-refractivity contribution is 7.92. The fourth-order valence-electron chi connectivity index (χ4n) is 5.23. The third kappa shape index (κ3) is 6.16. The molecule has 0 bridgehead atoms. The largest absolute Gasteiger partial charge is 0.454 e. The Morgan fingerprint density at radius 2 is 1.90 bits per heavy atom. The third-order valence-corrected chi connectivity index (χ3v) is 8.24. The highest BCUT2D eigenvalue weighted by atomic mass is 35.5. The first-order chi connectivity index (χ1) is 19.8. The molecule has 0 spiro atoms. The number of allylic oxidation sites excluding steroid dienone is 1. The Balaban J connectivity index is 1.37. The predicted molar refractivity (Wildman–Crippen MR) is 160 cm³/mol. The molecule has 1 amide bonds. The molecule has 2 fully saturated rings. The number of likely N-dealkylation sites (tertiary alicyclic amines) is 1. The number of nitrogens with zero attached hydrogens (tertiary/aromatic N) is 5. The quantitative estimate of drug-likeness (QED) is 0.301. The number of piperidine rings is 1. The predicted octanol–water partition coefficient (Wildman–Crippen LogP) is 3.41. The van der Waals surface area contributed by atoms with Crippen LogP contribution in [0.2, 0.25) is 5.02 Å². The Morgan fingerprint density at radius 1 is 1.17 bits per heavy atom. The van der Waals surface area contributed by atoms with E-state index in [2.05, 4.69) is 4.72 Å². The van der Waals surface area contributed by atoms with Gasteiger partial charge in [0.05, 0.1) is 42.3 Å². The Labute approximate surface area is 249 Å². The van der Waals surface area contributed by atoms with Gasteiger partial charge in [0.1, 0.15) is 17.6 Å². The number of sulfonamides is 1. The summed E-state index contributed by atoms with van der Waals surface area (Å²) in [5.41, 5.74) is 9.21. The van der Waals surface area contributed by atoms with Crippen LogP contribution < -0.4 is 15.4 Å². The number of nitrogens with two attached hydrogens (primary N) is 1. The monoisotopic (exact) mass is 615 g/mol. The first kappa shape index (κ1) is 29.6. The molecule has 4 heterocycles. The van der Waals surface area contributed by atoms with Crippen molar-refractivity contribution in [2.24, 2.45) is 5.73 Å². The van der Waals surface area contributed by atoms with Crippen molar-refractivity contribution in [3.05, 3.63) is 63.6 Å². The first-order valence-electron chi connectivity index (χ1n) is 13.6. The number of nitrogens with one attached hydrogen (secondary N) is 1. The van der Waals surface area contributed by atoms with Crippen LogP contribution in [0, 0.1) is 6.92 Å². The summed E-state index contributed by atoms with van der Waals surface area (Å²) in [7, 11) is -3.61. The highest BCUT2D eigenvalue weighted by Crippen LogP contribution is 2.34. The van der Waals surface area contributed by atoms with Crippen molar-refractivity contribution in [2.45, 2.75) is 52.2 Å². The fraction of sp³-hybridized carbons (Fsp3) is 0.429. The zero-order chi connectivity index (χ0) is 30.3. The molecular weight excluding hydrogens is 582 g/mol. The first-order valence-corrected chi connectivity index (χ1v) is 15.9. The molecule has 0 aliphatic carbocycles. The van der Waals surface area contributed by atoms with Gasteiger partial charge in [0.25, 0.3) is 5.91 Å². The number of amides is 1. The van der Waals surface area contributed by atoms with E-state index in [4.69, 9.17) is 32.2 Å². The molecule has 2 aromatic heterocycles. The van der Waals surface area contributed by atoms with Crippen LogP contribution in [0.3, 0.4) is 0 Å². The van der Waals surface area contributed by atoms with Crippen LogP contribution in [0.1, 0.15) is 60.8 Å². The molecule has 3 aromatic rings. The lowest BCUT2D eigenvalue weighted by molar-refractivity contribution is -0.145. The molecule has 1 aromatic carbocycles. The number of ether oxygens (including phenoxy) is 1. The molecule has 224 valence electrons. The SMILES string of the molecule is CC(C)=C(N)C(=O)OC1CN(c2nc3cc([C@@H]4CCCCN4C(=O)c4cc(Cl)ccc4NS(C)(=O)=O)nn3cc2C)C1. The second-order valence-electron chi connectivity index (χ2n) is 11.0. The summed E-state index contributed by atoms with van der Waals surface area (Å²) >= 11 is 6.20. The van der Waals surface area contributed by atoms with E-state index in [1.807, 2.05) is 24.1 Å². The number of hydrogen-bond donors (Lipinski definition) is 2. The number of aromatic nitrogens is 3. The molecule has 12 nitrogen and oxygen atoms in total. The smallest absolute Gasteiger partial charge is 0.354 e. The molecule has 42 heavy (non-hydrogen) atoms.